The van der Waals surface area contributed by atoms with Crippen molar-refractivity contribution in [2.45, 2.75) is 12.8 Å². The molecule has 0 fully saturated rings. The van der Waals surface area contributed by atoms with Gasteiger partial charge in [-0.15, -0.1) is 6.58 Å². The van der Waals surface area contributed by atoms with Gasteiger partial charge in [-0.2, -0.15) is 0 Å². The lowest BCUT2D eigenvalue weighted by Gasteiger charge is -2.07. The Balaban J connectivity index is 1.58. The van der Waals surface area contributed by atoms with E-state index in [1.54, 1.807) is 12.1 Å². The number of para-hydroxylation sites is 1. The topological polar surface area (TPSA) is 94.8 Å². The highest BCUT2D eigenvalue weighted by molar-refractivity contribution is 5.96. The van der Waals surface area contributed by atoms with Gasteiger partial charge in [-0.3, -0.25) is 9.59 Å². The lowest BCUT2D eigenvalue weighted by Crippen LogP contribution is -2.28. The summed E-state index contributed by atoms with van der Waals surface area (Å²) < 4.78 is 16.0. The van der Waals surface area contributed by atoms with Gasteiger partial charge < -0.3 is 19.2 Å². The molecular weight excluding hydrogens is 386 g/mol. The highest BCUT2D eigenvalue weighted by Gasteiger charge is 2.14. The summed E-state index contributed by atoms with van der Waals surface area (Å²) in [4.78, 5) is 36.1. The number of hydrogen-bond acceptors (Lipinski definition) is 6. The van der Waals surface area contributed by atoms with Gasteiger partial charge in [0.05, 0.1) is 6.61 Å². The largest absolute Gasteiger partial charge is 0.494 e. The van der Waals surface area contributed by atoms with Gasteiger partial charge in [0.25, 0.3) is 5.91 Å². The molecule has 0 aliphatic heterocycles. The molecule has 0 unspecified atom stereocenters. The van der Waals surface area contributed by atoms with Gasteiger partial charge in [-0.25, -0.2) is 4.79 Å². The maximum atomic E-state index is 12.1. The molecule has 7 heteroatoms. The fourth-order valence-corrected chi connectivity index (χ4v) is 2.68. The minimum absolute atomic E-state index is 0.104. The summed E-state index contributed by atoms with van der Waals surface area (Å²) in [6.07, 6.45) is 2.19. The second kappa shape index (κ2) is 10.1. The van der Waals surface area contributed by atoms with Crippen LogP contribution < -0.4 is 20.4 Å². The Morgan fingerprint density at radius 3 is 2.63 bits per heavy atom. The molecule has 154 valence electrons. The number of ether oxygens (including phenoxy) is 2. The van der Waals surface area contributed by atoms with Crippen LogP contribution in [0.5, 0.6) is 11.5 Å². The standard InChI is InChI=1S/C23H21NO6/c1-2-12-24-22(26)19-14-16-10-11-18(15-20(16)30-23(19)27)29-21(25)9-6-13-28-17-7-4-3-5-8-17/h2-5,7-8,10-11,14-15H,1,6,9,12-13H2,(H,24,26). The first-order chi connectivity index (χ1) is 14.6. The molecule has 1 N–H and O–H groups in total. The highest BCUT2D eigenvalue weighted by Crippen LogP contribution is 2.21. The van der Waals surface area contributed by atoms with Crippen LogP contribution in [0.4, 0.5) is 0 Å². The molecule has 0 atom stereocenters. The molecule has 2 aromatic carbocycles. The molecule has 1 amide bonds. The third kappa shape index (κ3) is 5.57. The van der Waals surface area contributed by atoms with E-state index in [1.165, 1.54) is 18.2 Å². The van der Waals surface area contributed by atoms with Crippen LogP contribution in [-0.2, 0) is 4.79 Å². The van der Waals surface area contributed by atoms with Crippen LogP contribution in [0.1, 0.15) is 23.2 Å². The summed E-state index contributed by atoms with van der Waals surface area (Å²) in [5, 5.41) is 3.07. The molecule has 1 heterocycles. The molecule has 0 saturated carbocycles. The van der Waals surface area contributed by atoms with E-state index < -0.39 is 17.5 Å². The first kappa shape index (κ1) is 20.9. The number of hydrogen-bond donors (Lipinski definition) is 1. The van der Waals surface area contributed by atoms with E-state index in [-0.39, 0.29) is 29.9 Å². The third-order valence-electron chi connectivity index (χ3n) is 4.13. The van der Waals surface area contributed by atoms with Crippen LogP contribution >= 0.6 is 0 Å². The number of amides is 1. The van der Waals surface area contributed by atoms with Gasteiger partial charge in [-0.05, 0) is 36.8 Å². The van der Waals surface area contributed by atoms with Gasteiger partial charge in [0, 0.05) is 24.4 Å². The Morgan fingerprint density at radius 1 is 1.07 bits per heavy atom. The molecule has 3 rings (SSSR count). The Hall–Kier alpha value is -3.87. The van der Waals surface area contributed by atoms with Crippen molar-refractivity contribution in [1.82, 2.24) is 5.32 Å². The molecule has 0 aliphatic rings. The maximum Gasteiger partial charge on any atom is 0.349 e. The minimum atomic E-state index is -0.773. The highest BCUT2D eigenvalue weighted by atomic mass is 16.5. The Bertz CT molecular complexity index is 1100. The van der Waals surface area contributed by atoms with Crippen LogP contribution in [-0.4, -0.2) is 25.0 Å². The summed E-state index contributed by atoms with van der Waals surface area (Å²) in [5.41, 5.74) is -0.656. The number of esters is 1. The number of rotatable bonds is 9. The second-order valence-corrected chi connectivity index (χ2v) is 6.39. The van der Waals surface area contributed by atoms with Crippen LogP contribution in [0.3, 0.4) is 0 Å². The van der Waals surface area contributed by atoms with Crippen molar-refractivity contribution in [3.05, 3.63) is 83.2 Å². The third-order valence-corrected chi connectivity index (χ3v) is 4.13. The van der Waals surface area contributed by atoms with E-state index >= 15 is 0 Å². The van der Waals surface area contributed by atoms with Crippen LogP contribution in [0, 0.1) is 0 Å². The number of nitrogens with one attached hydrogen (secondary N) is 1. The smallest absolute Gasteiger partial charge is 0.349 e. The van der Waals surface area contributed by atoms with Crippen molar-refractivity contribution in [3.63, 3.8) is 0 Å². The van der Waals surface area contributed by atoms with E-state index in [0.29, 0.717) is 18.4 Å². The van der Waals surface area contributed by atoms with Gasteiger partial charge in [0.2, 0.25) is 0 Å². The van der Waals surface area contributed by atoms with Crippen LogP contribution in [0.2, 0.25) is 0 Å². The monoisotopic (exact) mass is 407 g/mol. The maximum absolute atomic E-state index is 12.1. The molecule has 7 nitrogen and oxygen atoms in total. The fraction of sp³-hybridized carbons (Fsp3) is 0.174. The second-order valence-electron chi connectivity index (χ2n) is 6.39. The van der Waals surface area contributed by atoms with Crippen LogP contribution in [0.15, 0.2) is 76.5 Å². The van der Waals surface area contributed by atoms with Crippen molar-refractivity contribution >= 4 is 22.8 Å². The molecular formula is C23H21NO6. The van der Waals surface area contributed by atoms with Crippen molar-refractivity contribution in [2.75, 3.05) is 13.2 Å². The van der Waals surface area contributed by atoms with E-state index in [2.05, 4.69) is 11.9 Å². The molecule has 3 aromatic rings. The van der Waals surface area contributed by atoms with Crippen molar-refractivity contribution in [3.8, 4) is 11.5 Å². The van der Waals surface area contributed by atoms with E-state index in [1.807, 2.05) is 30.3 Å². The van der Waals surface area contributed by atoms with Crippen LogP contribution in [0.25, 0.3) is 11.0 Å². The summed E-state index contributed by atoms with van der Waals surface area (Å²) in [6.45, 7) is 4.13. The molecule has 0 aliphatic carbocycles. The Labute approximate surface area is 172 Å². The first-order valence-corrected chi connectivity index (χ1v) is 9.42. The molecule has 30 heavy (non-hydrogen) atoms. The normalized spacial score (nSPS) is 10.4. The average molecular weight is 407 g/mol. The predicted octanol–water partition coefficient (Wildman–Crippen LogP) is 3.47. The number of benzene rings is 2. The summed E-state index contributed by atoms with van der Waals surface area (Å²) in [6, 6.07) is 15.4. The molecule has 0 spiro atoms. The van der Waals surface area contributed by atoms with Crippen molar-refractivity contribution < 1.29 is 23.5 Å². The molecule has 0 bridgehead atoms. The minimum Gasteiger partial charge on any atom is -0.494 e. The lowest BCUT2D eigenvalue weighted by atomic mass is 10.1. The average Bonchev–Trinajstić information content (AvgIpc) is 2.75. The first-order valence-electron chi connectivity index (χ1n) is 9.42. The zero-order valence-electron chi connectivity index (χ0n) is 16.3. The number of carbonyl (C=O) groups is 2. The number of carbonyl (C=O) groups excluding carboxylic acids is 2. The zero-order chi connectivity index (χ0) is 21.3. The van der Waals surface area contributed by atoms with Gasteiger partial charge in [-0.1, -0.05) is 24.3 Å². The summed E-state index contributed by atoms with van der Waals surface area (Å²) in [7, 11) is 0. The van der Waals surface area contributed by atoms with Crippen molar-refractivity contribution in [2.24, 2.45) is 0 Å². The Morgan fingerprint density at radius 2 is 1.87 bits per heavy atom. The lowest BCUT2D eigenvalue weighted by molar-refractivity contribution is -0.134. The van der Waals surface area contributed by atoms with Gasteiger partial charge in [0.15, 0.2) is 0 Å². The molecule has 0 radical (unpaired) electrons. The quantitative estimate of drug-likeness (QED) is 0.192. The molecule has 1 aromatic heterocycles. The van der Waals surface area contributed by atoms with Crippen molar-refractivity contribution in [1.29, 1.82) is 0 Å². The predicted molar refractivity (Wildman–Crippen MR) is 112 cm³/mol. The SMILES string of the molecule is C=CCNC(=O)c1cc2ccc(OC(=O)CCCOc3ccccc3)cc2oc1=O. The molecule has 0 saturated heterocycles. The van der Waals surface area contributed by atoms with Gasteiger partial charge >= 0.3 is 11.6 Å². The summed E-state index contributed by atoms with van der Waals surface area (Å²) in [5.74, 6) is 0.0315. The van der Waals surface area contributed by atoms with E-state index in [4.69, 9.17) is 13.9 Å². The zero-order valence-corrected chi connectivity index (χ0v) is 16.3. The fourth-order valence-electron chi connectivity index (χ4n) is 2.68. The van der Waals surface area contributed by atoms with E-state index in [0.717, 1.165) is 5.75 Å². The summed E-state index contributed by atoms with van der Waals surface area (Å²) >= 11 is 0. The Kier molecular flexibility index (Phi) is 7.00. The number of fused-ring (bicyclic) bond motifs is 1. The van der Waals surface area contributed by atoms with Gasteiger partial charge in [0.1, 0.15) is 22.6 Å². The van der Waals surface area contributed by atoms with E-state index in [9.17, 15) is 14.4 Å².